The van der Waals surface area contributed by atoms with Crippen molar-refractivity contribution in [3.8, 4) is 0 Å². The molecule has 0 radical (unpaired) electrons. The van der Waals surface area contributed by atoms with Crippen molar-refractivity contribution in [2.45, 2.75) is 91.3 Å². The Labute approximate surface area is 318 Å². The summed E-state index contributed by atoms with van der Waals surface area (Å²) in [5.74, 6) is -0.812. The average Bonchev–Trinajstić information content (AvgIpc) is 3.82. The molecule has 54 heavy (non-hydrogen) atoms. The van der Waals surface area contributed by atoms with Crippen LogP contribution in [0.25, 0.3) is 6.08 Å². The first-order chi connectivity index (χ1) is 25.8. The fraction of sp³-hybridized carbons (Fsp3) is 0.395. The number of fused-ring (bicyclic) bond motifs is 4. The number of aliphatic hydroxyl groups excluding tert-OH is 2. The second-order valence-electron chi connectivity index (χ2n) is 13.8. The molecule has 5 atom stereocenters. The lowest BCUT2D eigenvalue weighted by Crippen LogP contribution is -2.42. The van der Waals surface area contributed by atoms with Crippen LogP contribution < -0.4 is 0 Å². The molecule has 3 heterocycles. The first-order valence-electron chi connectivity index (χ1n) is 18.0. The van der Waals surface area contributed by atoms with Gasteiger partial charge in [0, 0.05) is 36.9 Å². The molecule has 0 aliphatic carbocycles. The highest BCUT2D eigenvalue weighted by molar-refractivity contribution is 5.87. The van der Waals surface area contributed by atoms with Gasteiger partial charge in [0.05, 0.1) is 24.7 Å². The molecule has 0 amide bonds. The van der Waals surface area contributed by atoms with Gasteiger partial charge in [0.1, 0.15) is 24.7 Å². The Morgan fingerprint density at radius 2 is 1.20 bits per heavy atom. The number of hydrogen-bond acceptors (Lipinski definition) is 11. The Kier molecular flexibility index (Phi) is 17.3. The highest BCUT2D eigenvalue weighted by Crippen LogP contribution is 2.33. The number of aromatic nitrogens is 2. The van der Waals surface area contributed by atoms with Crippen molar-refractivity contribution in [3.63, 3.8) is 0 Å². The largest absolute Gasteiger partial charge is 0.457 e. The maximum atomic E-state index is 13.3. The fourth-order valence-electron chi connectivity index (χ4n) is 5.26. The van der Waals surface area contributed by atoms with Crippen LogP contribution in [0, 0.1) is 10.8 Å². The fourth-order valence-corrected chi connectivity index (χ4v) is 5.26. The van der Waals surface area contributed by atoms with Crippen molar-refractivity contribution >= 4 is 18.0 Å². The highest BCUT2D eigenvalue weighted by atomic mass is 16.6. The standard InChI is InChI=1S/C43H54N2O9/c1-8-22-34(46)42(3,4)36-26-20-16-13-14-18-24-31(50-7)28-39-45-33(30-52-39)41(49)54-37(43(5,6)35(47)23-9-2)25-19-15-11-10-12-17-21-27-38-44-32(29-51-38)40(48)53-36/h8-24,27,29-31,34-37,46-47H,25-26,28H2,1-7H3. The Bertz CT molecular complexity index is 1760. The van der Waals surface area contributed by atoms with Crippen molar-refractivity contribution in [2.75, 3.05) is 7.11 Å². The summed E-state index contributed by atoms with van der Waals surface area (Å²) in [5.41, 5.74) is -1.63. The van der Waals surface area contributed by atoms with E-state index >= 15 is 0 Å². The molecule has 1 aliphatic heterocycles. The predicted octanol–water partition coefficient (Wildman–Crippen LogP) is 8.04. The minimum Gasteiger partial charge on any atom is -0.457 e. The summed E-state index contributed by atoms with van der Waals surface area (Å²) in [5, 5.41) is 21.7. The molecule has 11 heteroatoms. The third kappa shape index (κ3) is 13.1. The lowest BCUT2D eigenvalue weighted by Gasteiger charge is -2.36. The van der Waals surface area contributed by atoms with Crippen LogP contribution in [-0.2, 0) is 20.6 Å². The van der Waals surface area contributed by atoms with Gasteiger partial charge in [-0.05, 0) is 13.8 Å². The molecular weight excluding hydrogens is 688 g/mol. The lowest BCUT2D eigenvalue weighted by atomic mass is 9.79. The van der Waals surface area contributed by atoms with Crippen LogP contribution in [0.1, 0.15) is 87.1 Å². The van der Waals surface area contributed by atoms with Crippen LogP contribution in [0.2, 0.25) is 0 Å². The number of oxazole rings is 2. The molecule has 1 aliphatic rings. The van der Waals surface area contributed by atoms with Crippen molar-refractivity contribution in [1.29, 1.82) is 0 Å². The highest BCUT2D eigenvalue weighted by Gasteiger charge is 2.39. The van der Waals surface area contributed by atoms with Gasteiger partial charge in [-0.25, -0.2) is 19.6 Å². The Morgan fingerprint density at radius 3 is 1.74 bits per heavy atom. The van der Waals surface area contributed by atoms with E-state index in [9.17, 15) is 19.8 Å². The first kappa shape index (κ1) is 43.3. The summed E-state index contributed by atoms with van der Waals surface area (Å²) in [4.78, 5) is 35.0. The molecule has 3 rings (SSSR count). The molecule has 2 aromatic rings. The Balaban J connectivity index is 1.91. The van der Waals surface area contributed by atoms with Gasteiger partial charge >= 0.3 is 11.9 Å². The molecule has 0 fully saturated rings. The van der Waals surface area contributed by atoms with E-state index in [1.165, 1.54) is 12.5 Å². The van der Waals surface area contributed by atoms with Crippen molar-refractivity contribution in [2.24, 2.45) is 10.8 Å². The number of cyclic esters (lactones) is 2. The molecule has 0 saturated carbocycles. The van der Waals surface area contributed by atoms with Gasteiger partial charge in [0.15, 0.2) is 17.3 Å². The van der Waals surface area contributed by atoms with Gasteiger partial charge in [0.25, 0.3) is 0 Å². The van der Waals surface area contributed by atoms with Crippen LogP contribution in [-0.4, -0.2) is 69.7 Å². The summed E-state index contributed by atoms with van der Waals surface area (Å²) < 4.78 is 28.5. The maximum absolute atomic E-state index is 13.3. The predicted molar refractivity (Wildman–Crippen MR) is 208 cm³/mol. The normalized spacial score (nSPS) is 21.4. The lowest BCUT2D eigenvalue weighted by molar-refractivity contribution is -0.0461. The van der Waals surface area contributed by atoms with Crippen LogP contribution in [0.5, 0.6) is 0 Å². The van der Waals surface area contributed by atoms with Gasteiger partial charge in [-0.15, -0.1) is 0 Å². The second kappa shape index (κ2) is 21.6. The van der Waals surface area contributed by atoms with Gasteiger partial charge in [0.2, 0.25) is 5.89 Å². The van der Waals surface area contributed by atoms with Gasteiger partial charge in [-0.2, -0.15) is 0 Å². The van der Waals surface area contributed by atoms with E-state index in [2.05, 4.69) is 9.97 Å². The number of esters is 2. The molecule has 2 N–H and O–H groups in total. The molecule has 0 spiro atoms. The second-order valence-corrected chi connectivity index (χ2v) is 13.8. The maximum Gasteiger partial charge on any atom is 0.360 e. The van der Waals surface area contributed by atoms with Gasteiger partial charge in [-0.1, -0.05) is 131 Å². The average molecular weight is 743 g/mol. The summed E-state index contributed by atoms with van der Waals surface area (Å²) >= 11 is 0. The SMILES string of the molecule is CC=CC(O)C(C)(C)C1CC=CC=CC=CC(OC)Cc2nc(co2)C(=O)OC(C(C)(C)C(O)C=CC)CC=CC=CC=CC=Cc2nc(co2)C(=O)O1. The van der Waals surface area contributed by atoms with E-state index in [1.807, 2.05) is 102 Å². The molecule has 11 nitrogen and oxygen atoms in total. The third-order valence-electron chi connectivity index (χ3n) is 9.03. The number of aliphatic hydroxyl groups is 2. The monoisotopic (exact) mass is 742 g/mol. The van der Waals surface area contributed by atoms with Crippen LogP contribution in [0.4, 0.5) is 0 Å². The number of methoxy groups -OCH3 is 1. The van der Waals surface area contributed by atoms with Crippen LogP contribution >= 0.6 is 0 Å². The van der Waals surface area contributed by atoms with Gasteiger partial charge < -0.3 is 33.3 Å². The zero-order chi connectivity index (χ0) is 39.6. The number of rotatable bonds is 7. The number of carbonyl (C=O) groups excluding carboxylic acids is 2. The number of hydrogen-bond donors (Lipinski definition) is 2. The van der Waals surface area contributed by atoms with Crippen LogP contribution in [0.15, 0.2) is 125 Å². The molecule has 2 aromatic heterocycles. The van der Waals surface area contributed by atoms with Crippen molar-refractivity contribution in [3.05, 3.63) is 139 Å². The minimum atomic E-state index is -0.871. The molecule has 0 aromatic carbocycles. The molecular formula is C43H54N2O9. The molecule has 0 saturated heterocycles. The van der Waals surface area contributed by atoms with E-state index in [0.717, 1.165) is 0 Å². The van der Waals surface area contributed by atoms with E-state index < -0.39 is 53.3 Å². The number of allylic oxidation sites excluding steroid dienone is 12. The zero-order valence-corrected chi connectivity index (χ0v) is 32.2. The summed E-state index contributed by atoms with van der Waals surface area (Å²) in [6, 6.07) is 0. The van der Waals surface area contributed by atoms with Crippen molar-refractivity contribution in [1.82, 2.24) is 9.97 Å². The summed E-state index contributed by atoms with van der Waals surface area (Å²) in [6.07, 6.45) is 31.9. The van der Waals surface area contributed by atoms with Crippen LogP contribution in [0.3, 0.4) is 0 Å². The number of ether oxygens (including phenoxy) is 3. The molecule has 5 unspecified atom stereocenters. The Hall–Kier alpha value is -5.10. The minimum absolute atomic E-state index is 0.0118. The van der Waals surface area contributed by atoms with E-state index in [-0.39, 0.29) is 23.7 Å². The topological polar surface area (TPSA) is 154 Å². The quantitative estimate of drug-likeness (QED) is 0.209. The van der Waals surface area contributed by atoms with E-state index in [4.69, 9.17) is 23.0 Å². The van der Waals surface area contributed by atoms with Gasteiger partial charge in [-0.3, -0.25) is 0 Å². The number of carbonyl (C=O) groups is 2. The smallest absolute Gasteiger partial charge is 0.360 e. The summed E-state index contributed by atoms with van der Waals surface area (Å²) in [6.45, 7) is 11.0. The van der Waals surface area contributed by atoms with E-state index in [1.54, 1.807) is 55.7 Å². The molecule has 290 valence electrons. The van der Waals surface area contributed by atoms with Crippen molar-refractivity contribution < 1.29 is 42.8 Å². The molecule has 4 bridgehead atoms. The van der Waals surface area contributed by atoms with E-state index in [0.29, 0.717) is 18.7 Å². The Morgan fingerprint density at radius 1 is 0.722 bits per heavy atom. The zero-order valence-electron chi connectivity index (χ0n) is 32.2. The third-order valence-corrected chi connectivity index (χ3v) is 9.03. The number of nitrogens with zero attached hydrogens (tertiary/aromatic N) is 2. The first-order valence-corrected chi connectivity index (χ1v) is 18.0. The summed E-state index contributed by atoms with van der Waals surface area (Å²) in [7, 11) is 1.56.